The summed E-state index contributed by atoms with van der Waals surface area (Å²) in [6, 6.07) is 6.87. The second kappa shape index (κ2) is 8.26. The number of ether oxygens (including phenoxy) is 2. The largest absolute Gasteiger partial charge is 0.376 e. The van der Waals surface area contributed by atoms with Gasteiger partial charge >= 0.3 is 0 Å². The van der Waals surface area contributed by atoms with Gasteiger partial charge in [-0.25, -0.2) is 0 Å². The average molecular weight is 332 g/mol. The minimum absolute atomic E-state index is 0.0782. The molecule has 2 saturated heterocycles. The van der Waals surface area contributed by atoms with E-state index in [0.29, 0.717) is 24.2 Å². The van der Waals surface area contributed by atoms with Crippen LogP contribution in [0.3, 0.4) is 0 Å². The van der Waals surface area contributed by atoms with Crippen molar-refractivity contribution in [2.24, 2.45) is 0 Å². The van der Waals surface area contributed by atoms with Gasteiger partial charge in [0, 0.05) is 26.3 Å². The number of carbonyl (C=O) groups excluding carboxylic acids is 2. The van der Waals surface area contributed by atoms with Crippen LogP contribution in [0.2, 0.25) is 0 Å². The molecule has 130 valence electrons. The van der Waals surface area contributed by atoms with Crippen molar-refractivity contribution in [3.8, 4) is 0 Å². The van der Waals surface area contributed by atoms with Crippen molar-refractivity contribution in [3.63, 3.8) is 0 Å². The topological polar surface area (TPSA) is 76.7 Å². The summed E-state index contributed by atoms with van der Waals surface area (Å²) in [5.74, 6) is -0.485. The standard InChI is InChI=1S/C18H24N2O4/c21-17(19-11-13-5-3-9-23-13)15-7-1-2-8-16(15)18(22)20-12-14-6-4-10-24-14/h1-2,7-8,13-14H,3-6,9-12H2,(H,19,21)(H,20,22). The van der Waals surface area contributed by atoms with E-state index >= 15 is 0 Å². The van der Waals surface area contributed by atoms with Crippen molar-refractivity contribution in [2.75, 3.05) is 26.3 Å². The zero-order valence-corrected chi connectivity index (χ0v) is 13.8. The quantitative estimate of drug-likeness (QED) is 0.828. The second-order valence-corrected chi connectivity index (χ2v) is 6.24. The lowest BCUT2D eigenvalue weighted by Crippen LogP contribution is -2.35. The number of amides is 2. The molecule has 2 atom stereocenters. The maximum Gasteiger partial charge on any atom is 0.252 e. The van der Waals surface area contributed by atoms with Crippen LogP contribution in [0, 0.1) is 0 Å². The van der Waals surface area contributed by atoms with Crippen molar-refractivity contribution >= 4 is 11.8 Å². The molecule has 1 aromatic rings. The van der Waals surface area contributed by atoms with E-state index in [2.05, 4.69) is 10.6 Å². The summed E-state index contributed by atoms with van der Waals surface area (Å²) in [7, 11) is 0. The van der Waals surface area contributed by atoms with Gasteiger partial charge in [-0.3, -0.25) is 9.59 Å². The van der Waals surface area contributed by atoms with E-state index in [0.717, 1.165) is 38.9 Å². The van der Waals surface area contributed by atoms with Gasteiger partial charge in [0.2, 0.25) is 0 Å². The molecule has 0 radical (unpaired) electrons. The first-order valence-corrected chi connectivity index (χ1v) is 8.62. The van der Waals surface area contributed by atoms with Gasteiger partial charge in [0.1, 0.15) is 0 Å². The smallest absolute Gasteiger partial charge is 0.252 e. The van der Waals surface area contributed by atoms with Crippen molar-refractivity contribution < 1.29 is 19.1 Å². The van der Waals surface area contributed by atoms with Crippen LogP contribution in [-0.2, 0) is 9.47 Å². The summed E-state index contributed by atoms with van der Waals surface area (Å²) in [6.07, 6.45) is 4.14. The van der Waals surface area contributed by atoms with E-state index in [-0.39, 0.29) is 24.0 Å². The monoisotopic (exact) mass is 332 g/mol. The molecule has 0 aromatic heterocycles. The highest BCUT2D eigenvalue weighted by molar-refractivity contribution is 6.07. The summed E-state index contributed by atoms with van der Waals surface area (Å²) >= 11 is 0. The van der Waals surface area contributed by atoms with E-state index in [1.165, 1.54) is 0 Å². The zero-order chi connectivity index (χ0) is 16.8. The molecule has 2 aliphatic heterocycles. The summed E-state index contributed by atoms with van der Waals surface area (Å²) in [5.41, 5.74) is 0.778. The van der Waals surface area contributed by atoms with E-state index in [4.69, 9.17) is 9.47 Å². The van der Waals surface area contributed by atoms with Crippen molar-refractivity contribution in [1.82, 2.24) is 10.6 Å². The Kier molecular flexibility index (Phi) is 5.82. The molecule has 1 aromatic carbocycles. The number of rotatable bonds is 6. The fourth-order valence-electron chi connectivity index (χ4n) is 3.09. The number of carbonyl (C=O) groups is 2. The molecule has 0 spiro atoms. The predicted octanol–water partition coefficient (Wildman–Crippen LogP) is 1.50. The molecule has 2 amide bonds. The SMILES string of the molecule is O=C(NCC1CCCO1)c1ccccc1C(=O)NCC1CCCO1. The third kappa shape index (κ3) is 4.33. The molecule has 0 aliphatic carbocycles. The summed E-state index contributed by atoms with van der Waals surface area (Å²) < 4.78 is 11.0. The Morgan fingerprint density at radius 1 is 0.875 bits per heavy atom. The number of benzene rings is 1. The van der Waals surface area contributed by atoms with Crippen molar-refractivity contribution in [3.05, 3.63) is 35.4 Å². The first-order valence-electron chi connectivity index (χ1n) is 8.62. The fraction of sp³-hybridized carbons (Fsp3) is 0.556. The molecule has 0 saturated carbocycles. The van der Waals surface area contributed by atoms with Crippen LogP contribution in [0.5, 0.6) is 0 Å². The lowest BCUT2D eigenvalue weighted by atomic mass is 10.1. The van der Waals surface area contributed by atoms with Crippen LogP contribution in [-0.4, -0.2) is 50.3 Å². The van der Waals surface area contributed by atoms with Gasteiger partial charge in [-0.2, -0.15) is 0 Å². The maximum atomic E-state index is 12.4. The van der Waals surface area contributed by atoms with Crippen LogP contribution in [0.15, 0.2) is 24.3 Å². The van der Waals surface area contributed by atoms with Crippen LogP contribution in [0.4, 0.5) is 0 Å². The Hall–Kier alpha value is -1.92. The van der Waals surface area contributed by atoms with Crippen LogP contribution < -0.4 is 10.6 Å². The van der Waals surface area contributed by atoms with Gasteiger partial charge in [-0.1, -0.05) is 12.1 Å². The van der Waals surface area contributed by atoms with Gasteiger partial charge < -0.3 is 20.1 Å². The van der Waals surface area contributed by atoms with Crippen LogP contribution in [0.25, 0.3) is 0 Å². The Balaban J connectivity index is 1.58. The minimum Gasteiger partial charge on any atom is -0.376 e. The molecule has 2 unspecified atom stereocenters. The van der Waals surface area contributed by atoms with E-state index in [1.54, 1.807) is 24.3 Å². The van der Waals surface area contributed by atoms with Gasteiger partial charge in [-0.05, 0) is 37.8 Å². The molecule has 24 heavy (non-hydrogen) atoms. The second-order valence-electron chi connectivity index (χ2n) is 6.24. The first kappa shape index (κ1) is 16.9. The average Bonchev–Trinajstić information content (AvgIpc) is 3.31. The Morgan fingerprint density at radius 3 is 1.71 bits per heavy atom. The van der Waals surface area contributed by atoms with Crippen LogP contribution in [0.1, 0.15) is 46.4 Å². The molecule has 2 N–H and O–H groups in total. The highest BCUT2D eigenvalue weighted by atomic mass is 16.5. The lowest BCUT2D eigenvalue weighted by Gasteiger charge is -2.14. The van der Waals surface area contributed by atoms with E-state index in [9.17, 15) is 9.59 Å². The molecule has 0 bridgehead atoms. The molecule has 3 rings (SSSR count). The molecule has 2 heterocycles. The summed E-state index contributed by atoms with van der Waals surface area (Å²) in [4.78, 5) is 24.8. The molecule has 6 nitrogen and oxygen atoms in total. The summed E-state index contributed by atoms with van der Waals surface area (Å²) in [6.45, 7) is 2.46. The van der Waals surface area contributed by atoms with Gasteiger partial charge in [0.25, 0.3) is 11.8 Å². The van der Waals surface area contributed by atoms with Crippen molar-refractivity contribution in [2.45, 2.75) is 37.9 Å². The molecule has 2 aliphatic rings. The number of hydrogen-bond acceptors (Lipinski definition) is 4. The highest BCUT2D eigenvalue weighted by Gasteiger charge is 2.21. The third-order valence-corrected chi connectivity index (χ3v) is 4.44. The molecule has 6 heteroatoms. The lowest BCUT2D eigenvalue weighted by molar-refractivity contribution is 0.0832. The predicted molar refractivity (Wildman–Crippen MR) is 89.1 cm³/mol. The number of nitrogens with one attached hydrogen (secondary N) is 2. The van der Waals surface area contributed by atoms with Crippen molar-refractivity contribution in [1.29, 1.82) is 0 Å². The molecular weight excluding hydrogens is 308 g/mol. The highest BCUT2D eigenvalue weighted by Crippen LogP contribution is 2.14. The summed E-state index contributed by atoms with van der Waals surface area (Å²) in [5, 5.41) is 5.73. The molecular formula is C18H24N2O4. The van der Waals surface area contributed by atoms with Crippen LogP contribution >= 0.6 is 0 Å². The third-order valence-electron chi connectivity index (χ3n) is 4.44. The number of hydrogen-bond donors (Lipinski definition) is 2. The fourth-order valence-corrected chi connectivity index (χ4v) is 3.09. The van der Waals surface area contributed by atoms with Gasteiger partial charge in [0.15, 0.2) is 0 Å². The molecule has 2 fully saturated rings. The Bertz CT molecular complexity index is 527. The zero-order valence-electron chi connectivity index (χ0n) is 13.8. The van der Waals surface area contributed by atoms with Gasteiger partial charge in [0.05, 0.1) is 23.3 Å². The van der Waals surface area contributed by atoms with E-state index in [1.807, 2.05) is 0 Å². The minimum atomic E-state index is -0.242. The normalized spacial score (nSPS) is 23.2. The van der Waals surface area contributed by atoms with E-state index < -0.39 is 0 Å². The maximum absolute atomic E-state index is 12.4. The Morgan fingerprint density at radius 2 is 1.33 bits per heavy atom. The first-order chi connectivity index (χ1) is 11.7. The Labute approximate surface area is 141 Å². The van der Waals surface area contributed by atoms with Gasteiger partial charge in [-0.15, -0.1) is 0 Å².